The molecule has 208 valence electrons. The summed E-state index contributed by atoms with van der Waals surface area (Å²) in [5, 5.41) is 0. The molecule has 0 N–H and O–H groups in total. The Morgan fingerprint density at radius 2 is 1.47 bits per heavy atom. The maximum absolute atomic E-state index is 13.4. The number of ether oxygens (including phenoxy) is 4. The molecule has 2 saturated heterocycles. The number of hydrogen-bond donors (Lipinski definition) is 0. The van der Waals surface area contributed by atoms with Gasteiger partial charge in [-0.25, -0.2) is 8.42 Å². The van der Waals surface area contributed by atoms with Crippen LogP contribution >= 0.6 is 0 Å². The summed E-state index contributed by atoms with van der Waals surface area (Å²) in [5.41, 5.74) is 1.15. The predicted octanol–water partition coefficient (Wildman–Crippen LogP) is 3.10. The molecule has 0 aliphatic carbocycles. The molecule has 2 aliphatic rings. The fraction of sp³-hybridized carbons (Fsp3) is 0.519. The highest BCUT2D eigenvalue weighted by molar-refractivity contribution is 7.89. The normalized spacial score (nSPS) is 18.7. The smallest absolute Gasteiger partial charge is 0.254 e. The molecule has 1 atom stereocenters. The highest BCUT2D eigenvalue weighted by Gasteiger charge is 2.31. The van der Waals surface area contributed by atoms with Gasteiger partial charge in [0.1, 0.15) is 5.75 Å². The van der Waals surface area contributed by atoms with Crippen LogP contribution in [0.15, 0.2) is 35.2 Å². The highest BCUT2D eigenvalue weighted by atomic mass is 32.2. The van der Waals surface area contributed by atoms with E-state index in [-0.39, 0.29) is 10.8 Å². The quantitative estimate of drug-likeness (QED) is 0.497. The van der Waals surface area contributed by atoms with Crippen molar-refractivity contribution in [2.75, 3.05) is 72.6 Å². The van der Waals surface area contributed by atoms with Crippen molar-refractivity contribution in [2.45, 2.75) is 24.7 Å². The summed E-state index contributed by atoms with van der Waals surface area (Å²) in [6.45, 7) is 5.12. The number of rotatable bonds is 8. The number of piperazine rings is 1. The Morgan fingerprint density at radius 3 is 2.03 bits per heavy atom. The van der Waals surface area contributed by atoms with E-state index in [1.807, 2.05) is 0 Å². The third-order valence-corrected chi connectivity index (χ3v) is 9.09. The molecular weight excluding hydrogens is 510 g/mol. The van der Waals surface area contributed by atoms with Crippen LogP contribution in [0.4, 0.5) is 5.69 Å². The lowest BCUT2D eigenvalue weighted by Gasteiger charge is -2.37. The zero-order valence-electron chi connectivity index (χ0n) is 22.7. The fourth-order valence-electron chi connectivity index (χ4n) is 5.13. The average molecular weight is 548 g/mol. The molecule has 1 amide bonds. The van der Waals surface area contributed by atoms with Crippen LogP contribution in [-0.2, 0) is 10.0 Å². The van der Waals surface area contributed by atoms with E-state index in [2.05, 4.69) is 11.8 Å². The van der Waals surface area contributed by atoms with E-state index < -0.39 is 10.0 Å². The first-order valence-corrected chi connectivity index (χ1v) is 14.2. The molecule has 38 heavy (non-hydrogen) atoms. The molecule has 2 aliphatic heterocycles. The number of nitrogens with zero attached hydrogens (tertiary/aromatic N) is 3. The second-order valence-corrected chi connectivity index (χ2v) is 11.6. The zero-order chi connectivity index (χ0) is 27.4. The van der Waals surface area contributed by atoms with Gasteiger partial charge < -0.3 is 28.7 Å². The number of amides is 1. The average Bonchev–Trinajstić information content (AvgIpc) is 2.95. The third kappa shape index (κ3) is 5.49. The molecule has 2 heterocycles. The van der Waals surface area contributed by atoms with Crippen molar-refractivity contribution < 1.29 is 32.2 Å². The number of carbonyl (C=O) groups excluding carboxylic acids is 1. The van der Waals surface area contributed by atoms with Crippen molar-refractivity contribution in [3.05, 3.63) is 35.9 Å². The van der Waals surface area contributed by atoms with E-state index in [1.165, 1.54) is 21.3 Å². The van der Waals surface area contributed by atoms with E-state index >= 15 is 0 Å². The van der Waals surface area contributed by atoms with Gasteiger partial charge in [0.15, 0.2) is 11.5 Å². The van der Waals surface area contributed by atoms with Crippen molar-refractivity contribution in [2.24, 2.45) is 5.92 Å². The first kappa shape index (κ1) is 27.8. The predicted molar refractivity (Wildman–Crippen MR) is 144 cm³/mol. The second kappa shape index (κ2) is 11.7. The summed E-state index contributed by atoms with van der Waals surface area (Å²) >= 11 is 0. The summed E-state index contributed by atoms with van der Waals surface area (Å²) in [6, 6.07) is 8.32. The molecule has 0 spiro atoms. The number of carbonyl (C=O) groups is 1. The molecule has 0 bridgehead atoms. The summed E-state index contributed by atoms with van der Waals surface area (Å²) < 4.78 is 50.1. The topological polar surface area (TPSA) is 97.9 Å². The van der Waals surface area contributed by atoms with Gasteiger partial charge in [-0.2, -0.15) is 4.31 Å². The van der Waals surface area contributed by atoms with Crippen molar-refractivity contribution in [1.82, 2.24) is 9.21 Å². The van der Waals surface area contributed by atoms with Crippen LogP contribution in [0.5, 0.6) is 23.0 Å². The largest absolute Gasteiger partial charge is 0.495 e. The van der Waals surface area contributed by atoms with E-state index in [9.17, 15) is 13.2 Å². The number of anilines is 1. The van der Waals surface area contributed by atoms with Gasteiger partial charge in [-0.3, -0.25) is 4.79 Å². The molecule has 0 radical (unpaired) electrons. The molecule has 0 aromatic heterocycles. The van der Waals surface area contributed by atoms with Crippen LogP contribution in [0.1, 0.15) is 30.1 Å². The van der Waals surface area contributed by atoms with Gasteiger partial charge >= 0.3 is 0 Å². The molecule has 2 fully saturated rings. The number of sulfonamides is 1. The lowest BCUT2D eigenvalue weighted by molar-refractivity contribution is 0.0745. The standard InChI is InChI=1S/C27H37N3O7S/c1-19-7-6-10-30(18-19)38(32,33)21-8-9-23(34-2)22(17-21)28-11-13-29(14-12-28)27(31)20-15-24(35-3)26(37-5)25(16-20)36-4/h8-9,15-17,19H,6-7,10-14,18H2,1-5H3. The van der Waals surface area contributed by atoms with Crippen molar-refractivity contribution >= 4 is 21.6 Å². The van der Waals surface area contributed by atoms with Crippen LogP contribution in [0.2, 0.25) is 0 Å². The maximum Gasteiger partial charge on any atom is 0.254 e. The van der Waals surface area contributed by atoms with Crippen LogP contribution in [0.3, 0.4) is 0 Å². The molecule has 0 saturated carbocycles. The minimum Gasteiger partial charge on any atom is -0.495 e. The number of hydrogen-bond acceptors (Lipinski definition) is 8. The number of piperidine rings is 1. The Labute approximate surface area is 225 Å². The van der Waals surface area contributed by atoms with E-state index in [0.717, 1.165) is 12.8 Å². The summed E-state index contributed by atoms with van der Waals surface area (Å²) in [4.78, 5) is 17.4. The first-order valence-electron chi connectivity index (χ1n) is 12.8. The Balaban J connectivity index is 1.52. The minimum atomic E-state index is -3.61. The van der Waals surface area contributed by atoms with Crippen LogP contribution in [0, 0.1) is 5.92 Å². The van der Waals surface area contributed by atoms with Gasteiger partial charge in [0.2, 0.25) is 15.8 Å². The molecule has 2 aromatic rings. The van der Waals surface area contributed by atoms with Gasteiger partial charge in [-0.1, -0.05) is 6.92 Å². The fourth-order valence-corrected chi connectivity index (χ4v) is 6.75. The van der Waals surface area contributed by atoms with Crippen molar-refractivity contribution in [1.29, 1.82) is 0 Å². The van der Waals surface area contributed by atoms with Crippen LogP contribution in [-0.4, -0.2) is 91.2 Å². The lowest BCUT2D eigenvalue weighted by Crippen LogP contribution is -2.49. The van der Waals surface area contributed by atoms with Crippen LogP contribution < -0.4 is 23.8 Å². The Bertz CT molecular complexity index is 1230. The van der Waals surface area contributed by atoms with Gasteiger partial charge in [0, 0.05) is 44.8 Å². The minimum absolute atomic E-state index is 0.147. The monoisotopic (exact) mass is 547 g/mol. The van der Waals surface area contributed by atoms with Gasteiger partial charge in [0.25, 0.3) is 5.91 Å². The van der Waals surface area contributed by atoms with Gasteiger partial charge in [-0.05, 0) is 49.1 Å². The van der Waals surface area contributed by atoms with Crippen molar-refractivity contribution in [3.8, 4) is 23.0 Å². The summed E-state index contributed by atoms with van der Waals surface area (Å²) in [6.07, 6.45) is 1.91. The molecule has 10 nitrogen and oxygen atoms in total. The maximum atomic E-state index is 13.4. The molecular formula is C27H37N3O7S. The second-order valence-electron chi connectivity index (χ2n) is 9.64. The first-order chi connectivity index (χ1) is 18.2. The van der Waals surface area contributed by atoms with E-state index in [4.69, 9.17) is 18.9 Å². The van der Waals surface area contributed by atoms with Crippen molar-refractivity contribution in [3.63, 3.8) is 0 Å². The lowest BCUT2D eigenvalue weighted by atomic mass is 10.0. The van der Waals surface area contributed by atoms with Crippen LogP contribution in [0.25, 0.3) is 0 Å². The molecule has 11 heteroatoms. The summed E-state index contributed by atoms with van der Waals surface area (Å²) in [5.74, 6) is 2.05. The van der Waals surface area contributed by atoms with E-state index in [0.29, 0.717) is 79.4 Å². The third-order valence-electron chi connectivity index (χ3n) is 7.23. The van der Waals surface area contributed by atoms with Gasteiger partial charge in [0.05, 0.1) is 39.0 Å². The Kier molecular flexibility index (Phi) is 8.57. The Hall–Kier alpha value is -3.18. The number of benzene rings is 2. The van der Waals surface area contributed by atoms with E-state index in [1.54, 1.807) is 46.6 Å². The molecule has 1 unspecified atom stereocenters. The molecule has 4 rings (SSSR count). The zero-order valence-corrected chi connectivity index (χ0v) is 23.5. The summed E-state index contributed by atoms with van der Waals surface area (Å²) in [7, 11) is 2.51. The SMILES string of the molecule is COc1ccc(S(=O)(=O)N2CCCC(C)C2)cc1N1CCN(C(=O)c2cc(OC)c(OC)c(OC)c2)CC1. The molecule has 2 aromatic carbocycles. The number of methoxy groups -OCH3 is 4. The highest BCUT2D eigenvalue weighted by Crippen LogP contribution is 2.39. The van der Waals surface area contributed by atoms with Gasteiger partial charge in [-0.15, -0.1) is 0 Å². The Morgan fingerprint density at radius 1 is 0.842 bits per heavy atom.